The van der Waals surface area contributed by atoms with Crippen LogP contribution in [-0.4, -0.2) is 40.5 Å². The molecule has 2 N–H and O–H groups in total. The van der Waals surface area contributed by atoms with Gasteiger partial charge in [0.25, 0.3) is 0 Å². The van der Waals surface area contributed by atoms with Gasteiger partial charge in [-0.05, 0) is 25.0 Å². The Labute approximate surface area is 144 Å². The van der Waals surface area contributed by atoms with Crippen molar-refractivity contribution in [3.63, 3.8) is 0 Å². The molecule has 0 radical (unpaired) electrons. The van der Waals surface area contributed by atoms with Crippen LogP contribution < -0.4 is 10.2 Å². The van der Waals surface area contributed by atoms with Gasteiger partial charge in [-0.1, -0.05) is 0 Å². The van der Waals surface area contributed by atoms with Crippen molar-refractivity contribution in [3.05, 3.63) is 30.7 Å². The highest BCUT2D eigenvalue weighted by atomic mass is 16.1. The number of nitrogens with zero attached hydrogens (tertiary/aromatic N) is 4. The smallest absolute Gasteiger partial charge is 0.225 e. The minimum Gasteiger partial charge on any atom is -0.370 e. The predicted molar refractivity (Wildman–Crippen MR) is 95.0 cm³/mol. The zero-order valence-corrected chi connectivity index (χ0v) is 13.7. The average molecular weight is 334 g/mol. The third kappa shape index (κ3) is 2.76. The lowest BCUT2D eigenvalue weighted by Crippen LogP contribution is -2.43. The van der Waals surface area contributed by atoms with E-state index in [1.165, 1.54) is 0 Å². The molecular weight excluding hydrogens is 316 g/mol. The number of rotatable bonds is 3. The van der Waals surface area contributed by atoms with Gasteiger partial charge in [-0.2, -0.15) is 5.26 Å². The molecule has 0 spiro atoms. The minimum absolute atomic E-state index is 0.0435. The summed E-state index contributed by atoms with van der Waals surface area (Å²) in [5.41, 5.74) is 2.76. The number of anilines is 1. The molecule has 7 nitrogen and oxygen atoms in total. The van der Waals surface area contributed by atoms with Gasteiger partial charge in [-0.15, -0.1) is 0 Å². The van der Waals surface area contributed by atoms with E-state index in [4.69, 9.17) is 5.26 Å². The largest absolute Gasteiger partial charge is 0.370 e. The van der Waals surface area contributed by atoms with Crippen LogP contribution in [0.3, 0.4) is 0 Å². The van der Waals surface area contributed by atoms with Crippen LogP contribution in [0, 0.1) is 17.2 Å². The Hall–Kier alpha value is -3.14. The number of carbonyl (C=O) groups is 1. The molecule has 0 aromatic carbocycles. The van der Waals surface area contributed by atoms with Gasteiger partial charge in [0.1, 0.15) is 12.2 Å². The van der Waals surface area contributed by atoms with E-state index in [2.05, 4.69) is 25.2 Å². The van der Waals surface area contributed by atoms with Gasteiger partial charge >= 0.3 is 0 Å². The summed E-state index contributed by atoms with van der Waals surface area (Å²) in [6.45, 7) is 1.60. The first-order valence-corrected chi connectivity index (χ1v) is 8.38. The Morgan fingerprint density at radius 3 is 3.24 bits per heavy atom. The first-order chi connectivity index (χ1) is 12.3. The fraction of sp³-hybridized carbons (Fsp3) is 0.333. The normalized spacial score (nSPS) is 17.6. The molecule has 1 amide bonds. The number of carbonyl (C=O) groups excluding carboxylic acids is 1. The van der Waals surface area contributed by atoms with E-state index in [9.17, 15) is 4.79 Å². The number of aromatic amines is 1. The second kappa shape index (κ2) is 6.40. The highest BCUT2D eigenvalue weighted by Crippen LogP contribution is 2.33. The van der Waals surface area contributed by atoms with Crippen LogP contribution in [0.25, 0.3) is 21.9 Å². The summed E-state index contributed by atoms with van der Waals surface area (Å²) < 4.78 is 0. The van der Waals surface area contributed by atoms with Gasteiger partial charge < -0.3 is 15.2 Å². The van der Waals surface area contributed by atoms with Crippen molar-refractivity contribution in [2.45, 2.75) is 12.8 Å². The molecular formula is C18H18N6O. The van der Waals surface area contributed by atoms with Gasteiger partial charge in [-0.25, -0.2) is 4.98 Å². The summed E-state index contributed by atoms with van der Waals surface area (Å²) in [7, 11) is 0. The Bertz CT molecular complexity index is 973. The molecule has 0 saturated carbocycles. The number of amides is 1. The standard InChI is InChI=1S/C18H18N6O/c19-5-8-22-18(25)12-2-1-9-24(11-12)15-4-7-20-14-10-23-17-13(16(14)15)3-6-21-17/h3-4,6-7,10,12H,1-2,8-9,11H2,(H,21,23)(H,22,25). The fourth-order valence-electron chi connectivity index (χ4n) is 3.58. The topological polar surface area (TPSA) is 97.7 Å². The van der Waals surface area contributed by atoms with Crippen LogP contribution in [0.15, 0.2) is 30.7 Å². The van der Waals surface area contributed by atoms with Crippen LogP contribution >= 0.6 is 0 Å². The molecule has 3 aromatic heterocycles. The first-order valence-electron chi connectivity index (χ1n) is 8.38. The molecule has 0 aliphatic carbocycles. The van der Waals surface area contributed by atoms with Crippen molar-refractivity contribution in [1.82, 2.24) is 20.3 Å². The number of pyridine rings is 2. The average Bonchev–Trinajstić information content (AvgIpc) is 3.14. The van der Waals surface area contributed by atoms with Gasteiger partial charge in [0, 0.05) is 41.9 Å². The van der Waals surface area contributed by atoms with Crippen LogP contribution in [0.2, 0.25) is 0 Å². The number of nitriles is 1. The molecule has 1 aliphatic rings. The molecule has 7 heteroatoms. The second-order valence-corrected chi connectivity index (χ2v) is 6.25. The lowest BCUT2D eigenvalue weighted by Gasteiger charge is -2.34. The van der Waals surface area contributed by atoms with E-state index in [0.717, 1.165) is 47.0 Å². The Morgan fingerprint density at radius 2 is 2.36 bits per heavy atom. The molecule has 126 valence electrons. The van der Waals surface area contributed by atoms with Crippen molar-refractivity contribution < 1.29 is 4.79 Å². The maximum Gasteiger partial charge on any atom is 0.225 e. The van der Waals surface area contributed by atoms with Crippen LogP contribution in [-0.2, 0) is 4.79 Å². The van der Waals surface area contributed by atoms with Crippen LogP contribution in [0.4, 0.5) is 5.69 Å². The summed E-state index contributed by atoms with van der Waals surface area (Å²) in [6, 6.07) is 5.97. The fourth-order valence-corrected chi connectivity index (χ4v) is 3.58. The number of hydrogen-bond acceptors (Lipinski definition) is 5. The molecule has 1 saturated heterocycles. The Morgan fingerprint density at radius 1 is 1.44 bits per heavy atom. The molecule has 25 heavy (non-hydrogen) atoms. The van der Waals surface area contributed by atoms with Crippen molar-refractivity contribution in [1.29, 1.82) is 5.26 Å². The zero-order valence-electron chi connectivity index (χ0n) is 13.7. The van der Waals surface area contributed by atoms with E-state index in [0.29, 0.717) is 6.54 Å². The van der Waals surface area contributed by atoms with Crippen LogP contribution in [0.5, 0.6) is 0 Å². The lowest BCUT2D eigenvalue weighted by molar-refractivity contribution is -0.125. The first kappa shape index (κ1) is 15.4. The van der Waals surface area contributed by atoms with Gasteiger partial charge in [0.05, 0.1) is 23.7 Å². The van der Waals surface area contributed by atoms with Crippen molar-refractivity contribution in [2.24, 2.45) is 5.92 Å². The third-order valence-corrected chi connectivity index (χ3v) is 4.74. The van der Waals surface area contributed by atoms with E-state index in [1.807, 2.05) is 24.4 Å². The van der Waals surface area contributed by atoms with Gasteiger partial charge in [0.2, 0.25) is 5.91 Å². The number of hydrogen-bond donors (Lipinski definition) is 2. The molecule has 4 heterocycles. The Kier molecular flexibility index (Phi) is 3.94. The van der Waals surface area contributed by atoms with E-state index in [1.54, 1.807) is 12.4 Å². The van der Waals surface area contributed by atoms with E-state index >= 15 is 0 Å². The van der Waals surface area contributed by atoms with Crippen molar-refractivity contribution in [3.8, 4) is 6.07 Å². The SMILES string of the molecule is N#CCNC(=O)C1CCCN(c2ccnc3cnc4[nH]ccc4c23)C1. The molecule has 1 fully saturated rings. The molecule has 1 atom stereocenters. The van der Waals surface area contributed by atoms with Gasteiger partial charge in [0.15, 0.2) is 0 Å². The summed E-state index contributed by atoms with van der Waals surface area (Å²) in [5.74, 6) is -0.146. The van der Waals surface area contributed by atoms with E-state index < -0.39 is 0 Å². The third-order valence-electron chi connectivity index (χ3n) is 4.74. The molecule has 1 unspecified atom stereocenters. The van der Waals surface area contributed by atoms with Crippen LogP contribution in [0.1, 0.15) is 12.8 Å². The number of fused-ring (bicyclic) bond motifs is 3. The number of nitrogens with one attached hydrogen (secondary N) is 2. The van der Waals surface area contributed by atoms with E-state index in [-0.39, 0.29) is 18.4 Å². The highest BCUT2D eigenvalue weighted by Gasteiger charge is 2.27. The highest BCUT2D eigenvalue weighted by molar-refractivity contribution is 6.10. The van der Waals surface area contributed by atoms with Crippen molar-refractivity contribution >= 4 is 33.5 Å². The Balaban J connectivity index is 1.70. The molecule has 0 bridgehead atoms. The molecule has 4 rings (SSSR count). The molecule has 3 aromatic rings. The van der Waals surface area contributed by atoms with Crippen molar-refractivity contribution in [2.75, 3.05) is 24.5 Å². The summed E-state index contributed by atoms with van der Waals surface area (Å²) >= 11 is 0. The lowest BCUT2D eigenvalue weighted by atomic mass is 9.96. The predicted octanol–water partition coefficient (Wildman–Crippen LogP) is 1.97. The summed E-state index contributed by atoms with van der Waals surface area (Å²) in [4.78, 5) is 26.5. The minimum atomic E-state index is -0.103. The summed E-state index contributed by atoms with van der Waals surface area (Å²) in [6.07, 6.45) is 7.23. The monoisotopic (exact) mass is 334 g/mol. The number of piperidine rings is 1. The number of H-pyrrole nitrogens is 1. The second-order valence-electron chi connectivity index (χ2n) is 6.25. The number of aromatic nitrogens is 3. The maximum absolute atomic E-state index is 12.3. The quantitative estimate of drug-likeness (QED) is 0.714. The zero-order chi connectivity index (χ0) is 17.2. The summed E-state index contributed by atoms with van der Waals surface area (Å²) in [5, 5.41) is 13.4. The van der Waals surface area contributed by atoms with Gasteiger partial charge in [-0.3, -0.25) is 9.78 Å². The molecule has 1 aliphatic heterocycles. The maximum atomic E-state index is 12.3.